The Balaban J connectivity index is 2.60. The van der Waals surface area contributed by atoms with Gasteiger partial charge in [0.2, 0.25) is 0 Å². The zero-order chi connectivity index (χ0) is 11.3. The van der Waals surface area contributed by atoms with Gasteiger partial charge in [-0.05, 0) is 30.6 Å². The van der Waals surface area contributed by atoms with Gasteiger partial charge in [-0.1, -0.05) is 46.5 Å². The smallest absolute Gasteiger partial charge is 0.0655 e. The number of rotatable bonds is 0. The molecule has 0 bridgehead atoms. The van der Waals surface area contributed by atoms with Crippen molar-refractivity contribution in [2.45, 2.75) is 65.7 Å². The first-order chi connectivity index (χ1) is 7.03. The third-order valence-electron chi connectivity index (χ3n) is 3.63. The first-order valence-electron chi connectivity index (χ1n) is 6.43. The topological polar surface area (TPSA) is 23.8 Å². The minimum Gasteiger partial charge on any atom is -0.198 e. The molecule has 0 amide bonds. The lowest BCUT2D eigenvalue weighted by Crippen LogP contribution is -2.20. The van der Waals surface area contributed by atoms with Crippen LogP contribution in [0.4, 0.5) is 0 Å². The molecule has 1 aliphatic carbocycles. The standard InChI is InChI=1S/C14H25N/c1-12-7-5-4-6-8-13(11-15)10-14(2,3)9-12/h12-13H,4-10H2,1-3H3. The minimum absolute atomic E-state index is 0.297. The quantitative estimate of drug-likeness (QED) is 0.572. The van der Waals surface area contributed by atoms with Crippen molar-refractivity contribution in [1.82, 2.24) is 0 Å². The van der Waals surface area contributed by atoms with E-state index in [1.54, 1.807) is 0 Å². The molecule has 0 aromatic heterocycles. The van der Waals surface area contributed by atoms with Crippen molar-refractivity contribution < 1.29 is 0 Å². The fraction of sp³-hybridized carbons (Fsp3) is 0.929. The molecule has 86 valence electrons. The second-order valence-electron chi connectivity index (χ2n) is 6.14. The molecule has 0 aliphatic heterocycles. The second-order valence-corrected chi connectivity index (χ2v) is 6.14. The van der Waals surface area contributed by atoms with E-state index in [9.17, 15) is 0 Å². The van der Waals surface area contributed by atoms with Crippen LogP contribution in [0.2, 0.25) is 0 Å². The molecule has 1 fully saturated rings. The summed E-state index contributed by atoms with van der Waals surface area (Å²) in [5, 5.41) is 9.12. The van der Waals surface area contributed by atoms with Crippen molar-refractivity contribution in [1.29, 1.82) is 5.26 Å². The van der Waals surface area contributed by atoms with Crippen molar-refractivity contribution in [3.05, 3.63) is 0 Å². The Morgan fingerprint density at radius 3 is 2.40 bits per heavy atom. The Kier molecular flexibility index (Phi) is 4.64. The molecule has 1 nitrogen and oxygen atoms in total. The molecule has 0 N–H and O–H groups in total. The van der Waals surface area contributed by atoms with Gasteiger partial charge in [0, 0.05) is 5.92 Å². The van der Waals surface area contributed by atoms with Crippen molar-refractivity contribution in [2.75, 3.05) is 0 Å². The van der Waals surface area contributed by atoms with Crippen molar-refractivity contribution >= 4 is 0 Å². The fourth-order valence-corrected chi connectivity index (χ4v) is 3.07. The lowest BCUT2D eigenvalue weighted by molar-refractivity contribution is 0.210. The predicted octanol–water partition coefficient (Wildman–Crippen LogP) is 4.53. The molecule has 1 rings (SSSR count). The average molecular weight is 207 g/mol. The molecular weight excluding hydrogens is 182 g/mol. The van der Waals surface area contributed by atoms with Crippen LogP contribution in [0.3, 0.4) is 0 Å². The summed E-state index contributed by atoms with van der Waals surface area (Å²) in [5.41, 5.74) is 0.358. The summed E-state index contributed by atoms with van der Waals surface area (Å²) in [6.45, 7) is 7.02. The molecule has 1 heteroatoms. The monoisotopic (exact) mass is 207 g/mol. The molecule has 0 aromatic rings. The summed E-state index contributed by atoms with van der Waals surface area (Å²) in [6, 6.07) is 2.49. The van der Waals surface area contributed by atoms with Crippen molar-refractivity contribution in [3.63, 3.8) is 0 Å². The number of nitriles is 1. The zero-order valence-electron chi connectivity index (χ0n) is 10.6. The maximum Gasteiger partial charge on any atom is 0.0655 e. The molecular formula is C14H25N. The number of hydrogen-bond donors (Lipinski definition) is 0. The van der Waals surface area contributed by atoms with Crippen LogP contribution in [-0.4, -0.2) is 0 Å². The van der Waals surface area contributed by atoms with E-state index in [0.717, 1.165) is 18.8 Å². The summed E-state index contributed by atoms with van der Waals surface area (Å²) < 4.78 is 0. The van der Waals surface area contributed by atoms with E-state index in [-0.39, 0.29) is 0 Å². The highest BCUT2D eigenvalue weighted by atomic mass is 14.3. The van der Waals surface area contributed by atoms with E-state index in [0.29, 0.717) is 11.3 Å². The highest BCUT2D eigenvalue weighted by Crippen LogP contribution is 2.36. The highest BCUT2D eigenvalue weighted by Gasteiger charge is 2.26. The number of nitrogens with zero attached hydrogens (tertiary/aromatic N) is 1. The molecule has 0 spiro atoms. The van der Waals surface area contributed by atoms with Crippen LogP contribution < -0.4 is 0 Å². The van der Waals surface area contributed by atoms with E-state index >= 15 is 0 Å². The van der Waals surface area contributed by atoms with Crippen molar-refractivity contribution in [3.8, 4) is 6.07 Å². The van der Waals surface area contributed by atoms with Gasteiger partial charge in [-0.2, -0.15) is 5.26 Å². The normalized spacial score (nSPS) is 32.9. The lowest BCUT2D eigenvalue weighted by Gasteiger charge is -2.31. The molecule has 0 heterocycles. The highest BCUT2D eigenvalue weighted by molar-refractivity contribution is 4.88. The Morgan fingerprint density at radius 2 is 1.73 bits per heavy atom. The molecule has 2 atom stereocenters. The van der Waals surface area contributed by atoms with Gasteiger partial charge in [-0.3, -0.25) is 0 Å². The van der Waals surface area contributed by atoms with E-state index in [1.165, 1.54) is 32.1 Å². The van der Waals surface area contributed by atoms with E-state index in [1.807, 2.05) is 0 Å². The summed E-state index contributed by atoms with van der Waals surface area (Å²) in [5.74, 6) is 1.13. The van der Waals surface area contributed by atoms with Gasteiger partial charge in [-0.25, -0.2) is 0 Å². The van der Waals surface area contributed by atoms with Crippen LogP contribution in [0.1, 0.15) is 65.7 Å². The van der Waals surface area contributed by atoms with Crippen LogP contribution in [-0.2, 0) is 0 Å². The maximum absolute atomic E-state index is 9.12. The molecule has 0 saturated heterocycles. The summed E-state index contributed by atoms with van der Waals surface area (Å²) in [7, 11) is 0. The average Bonchev–Trinajstić information content (AvgIpc) is 2.13. The lowest BCUT2D eigenvalue weighted by atomic mass is 9.74. The third-order valence-corrected chi connectivity index (χ3v) is 3.63. The Hall–Kier alpha value is -0.510. The molecule has 2 unspecified atom stereocenters. The van der Waals surface area contributed by atoms with Gasteiger partial charge >= 0.3 is 0 Å². The van der Waals surface area contributed by atoms with Gasteiger partial charge in [0.1, 0.15) is 0 Å². The van der Waals surface area contributed by atoms with Gasteiger partial charge in [-0.15, -0.1) is 0 Å². The van der Waals surface area contributed by atoms with Gasteiger partial charge < -0.3 is 0 Å². The van der Waals surface area contributed by atoms with Crippen LogP contribution in [0, 0.1) is 28.6 Å². The summed E-state index contributed by atoms with van der Waals surface area (Å²) in [6.07, 6.45) is 8.80. The van der Waals surface area contributed by atoms with Crippen LogP contribution in [0.15, 0.2) is 0 Å². The minimum atomic E-state index is 0.297. The van der Waals surface area contributed by atoms with E-state index in [2.05, 4.69) is 26.8 Å². The predicted molar refractivity (Wildman–Crippen MR) is 64.4 cm³/mol. The first-order valence-corrected chi connectivity index (χ1v) is 6.43. The van der Waals surface area contributed by atoms with Gasteiger partial charge in [0.05, 0.1) is 6.07 Å². The molecule has 1 saturated carbocycles. The van der Waals surface area contributed by atoms with E-state index in [4.69, 9.17) is 5.26 Å². The summed E-state index contributed by atoms with van der Waals surface area (Å²) in [4.78, 5) is 0. The van der Waals surface area contributed by atoms with Crippen LogP contribution >= 0.6 is 0 Å². The van der Waals surface area contributed by atoms with Crippen molar-refractivity contribution in [2.24, 2.45) is 17.3 Å². The van der Waals surface area contributed by atoms with Crippen LogP contribution in [0.5, 0.6) is 0 Å². The van der Waals surface area contributed by atoms with E-state index < -0.39 is 0 Å². The molecule has 1 aliphatic rings. The summed E-state index contributed by atoms with van der Waals surface area (Å²) >= 11 is 0. The van der Waals surface area contributed by atoms with Gasteiger partial charge in [0.25, 0.3) is 0 Å². The molecule has 0 aromatic carbocycles. The Bertz CT molecular complexity index is 224. The maximum atomic E-state index is 9.12. The van der Waals surface area contributed by atoms with Gasteiger partial charge in [0.15, 0.2) is 0 Å². The third kappa shape index (κ3) is 4.69. The SMILES string of the molecule is CC1CCCCCC(C#N)CC(C)(C)C1. The second kappa shape index (κ2) is 5.54. The Morgan fingerprint density at radius 1 is 1.07 bits per heavy atom. The molecule has 15 heavy (non-hydrogen) atoms. The fourth-order valence-electron chi connectivity index (χ4n) is 3.07. The zero-order valence-corrected chi connectivity index (χ0v) is 10.6. The van der Waals surface area contributed by atoms with Crippen LogP contribution in [0.25, 0.3) is 0 Å². The Labute approximate surface area is 94.9 Å². The molecule has 0 radical (unpaired) electrons. The largest absolute Gasteiger partial charge is 0.198 e. The number of hydrogen-bond acceptors (Lipinski definition) is 1. The first kappa shape index (κ1) is 12.6.